The minimum Gasteiger partial charge on any atom is -0.0958 e. The third-order valence-corrected chi connectivity index (χ3v) is 4.10. The first-order valence-electron chi connectivity index (χ1n) is 6.67. The Kier molecular flexibility index (Phi) is 5.12. The first-order valence-corrected chi connectivity index (χ1v) is 6.67. The summed E-state index contributed by atoms with van der Waals surface area (Å²) in [5.74, 6) is 1.00. The molecule has 0 bridgehead atoms. The van der Waals surface area contributed by atoms with E-state index in [4.69, 9.17) is 0 Å². The molecule has 0 aliphatic heterocycles. The van der Waals surface area contributed by atoms with Gasteiger partial charge < -0.3 is 0 Å². The summed E-state index contributed by atoms with van der Waals surface area (Å²) in [4.78, 5) is 0. The van der Waals surface area contributed by atoms with E-state index in [-0.39, 0.29) is 0 Å². The maximum absolute atomic E-state index is 2.49. The fourth-order valence-electron chi connectivity index (χ4n) is 3.09. The van der Waals surface area contributed by atoms with Gasteiger partial charge in [0.2, 0.25) is 0 Å². The number of hydrogen-bond donors (Lipinski definition) is 0. The Morgan fingerprint density at radius 2 is 1.43 bits per heavy atom. The van der Waals surface area contributed by atoms with Crippen molar-refractivity contribution in [2.75, 3.05) is 0 Å². The SMILES string of the molecule is CBBC(C)(C)C1CCCCCCC1. The highest BCUT2D eigenvalue weighted by Gasteiger charge is 2.28. The average molecular weight is 192 g/mol. The number of rotatable bonds is 3. The predicted octanol–water partition coefficient (Wildman–Crippen LogP) is 3.38. The third kappa shape index (κ3) is 3.71. The summed E-state index contributed by atoms with van der Waals surface area (Å²) in [5.41, 5.74) is 0. The molecule has 1 fully saturated rings. The minimum absolute atomic E-state index is 0.603. The van der Waals surface area contributed by atoms with Crippen molar-refractivity contribution in [2.45, 2.75) is 70.9 Å². The molecule has 1 saturated carbocycles. The molecule has 0 amide bonds. The van der Waals surface area contributed by atoms with Crippen LogP contribution in [0.1, 0.15) is 58.8 Å². The molecule has 2 heteroatoms. The van der Waals surface area contributed by atoms with Crippen molar-refractivity contribution in [1.82, 2.24) is 0 Å². The maximum Gasteiger partial charge on any atom is 0.0937 e. The highest BCUT2D eigenvalue weighted by Crippen LogP contribution is 2.41. The molecule has 0 radical (unpaired) electrons. The summed E-state index contributed by atoms with van der Waals surface area (Å²) in [6.07, 6.45) is 10.4. The van der Waals surface area contributed by atoms with E-state index >= 15 is 0 Å². The van der Waals surface area contributed by atoms with E-state index in [2.05, 4.69) is 20.7 Å². The Morgan fingerprint density at radius 3 is 1.93 bits per heavy atom. The van der Waals surface area contributed by atoms with Crippen molar-refractivity contribution >= 4 is 14.3 Å². The molecular formula is C12H26B2. The quantitative estimate of drug-likeness (QED) is 0.601. The molecule has 0 saturated heterocycles. The molecular weight excluding hydrogens is 166 g/mol. The maximum atomic E-state index is 2.49. The molecule has 0 aromatic carbocycles. The van der Waals surface area contributed by atoms with Gasteiger partial charge in [-0.15, -0.1) is 0 Å². The van der Waals surface area contributed by atoms with Gasteiger partial charge in [0.15, 0.2) is 0 Å². The lowest BCUT2D eigenvalue weighted by Crippen LogP contribution is -2.27. The van der Waals surface area contributed by atoms with Crippen molar-refractivity contribution in [3.8, 4) is 0 Å². The van der Waals surface area contributed by atoms with E-state index in [0.29, 0.717) is 5.31 Å². The van der Waals surface area contributed by atoms with Gasteiger partial charge in [0.25, 0.3) is 0 Å². The Labute approximate surface area is 91.7 Å². The zero-order chi connectivity index (χ0) is 10.4. The first-order chi connectivity index (χ1) is 6.67. The lowest BCUT2D eigenvalue weighted by molar-refractivity contribution is 0.310. The van der Waals surface area contributed by atoms with Gasteiger partial charge in [-0.1, -0.05) is 70.9 Å². The summed E-state index contributed by atoms with van der Waals surface area (Å²) in [6.45, 7) is 7.30. The van der Waals surface area contributed by atoms with Gasteiger partial charge in [0, 0.05) is 0 Å². The van der Waals surface area contributed by atoms with Crippen LogP contribution in [0, 0.1) is 5.92 Å². The Hall–Kier alpha value is 0.130. The van der Waals surface area contributed by atoms with Crippen LogP contribution in [-0.4, -0.2) is 14.3 Å². The van der Waals surface area contributed by atoms with Gasteiger partial charge >= 0.3 is 0 Å². The zero-order valence-electron chi connectivity index (χ0n) is 10.4. The van der Waals surface area contributed by atoms with Gasteiger partial charge in [0.05, 0.1) is 14.3 Å². The molecule has 1 rings (SSSR count). The molecule has 0 N–H and O–H groups in total. The van der Waals surface area contributed by atoms with Crippen LogP contribution in [0.2, 0.25) is 12.1 Å². The summed E-state index contributed by atoms with van der Waals surface area (Å²) in [6, 6.07) is 0. The topological polar surface area (TPSA) is 0 Å². The molecule has 0 unspecified atom stereocenters. The second kappa shape index (κ2) is 5.88. The second-order valence-electron chi connectivity index (χ2n) is 5.78. The van der Waals surface area contributed by atoms with E-state index in [1.165, 1.54) is 59.3 Å². The molecule has 0 nitrogen and oxygen atoms in total. The molecule has 0 aromatic heterocycles. The zero-order valence-corrected chi connectivity index (χ0v) is 10.4. The Bertz CT molecular complexity index is 146. The standard InChI is InChI=1S/C12H26B2/c1-12(2,14-13-3)11-9-7-5-4-6-8-10-11/h11,13-14H,4-10H2,1-3H3. The fourth-order valence-corrected chi connectivity index (χ4v) is 3.09. The highest BCUT2D eigenvalue weighted by molar-refractivity contribution is 7.01. The number of hydrogen-bond acceptors (Lipinski definition) is 0. The lowest BCUT2D eigenvalue weighted by Gasteiger charge is -2.35. The Balaban J connectivity index is 2.45. The minimum atomic E-state index is 0.603. The van der Waals surface area contributed by atoms with Gasteiger partial charge in [-0.25, -0.2) is 0 Å². The fraction of sp³-hybridized carbons (Fsp3) is 1.00. The van der Waals surface area contributed by atoms with Crippen LogP contribution in [0.25, 0.3) is 0 Å². The van der Waals surface area contributed by atoms with Crippen molar-refractivity contribution in [2.24, 2.45) is 5.92 Å². The summed E-state index contributed by atoms with van der Waals surface area (Å²) in [5, 5.41) is 0.603. The van der Waals surface area contributed by atoms with E-state index in [1.54, 1.807) is 0 Å². The third-order valence-electron chi connectivity index (χ3n) is 4.10. The van der Waals surface area contributed by atoms with Gasteiger partial charge in [-0.3, -0.25) is 0 Å². The second-order valence-corrected chi connectivity index (χ2v) is 5.78. The van der Waals surface area contributed by atoms with Gasteiger partial charge in [-0.05, 0) is 5.92 Å². The van der Waals surface area contributed by atoms with E-state index in [9.17, 15) is 0 Å². The highest BCUT2D eigenvalue weighted by atomic mass is 14.3. The molecule has 1 aliphatic rings. The van der Waals surface area contributed by atoms with Crippen LogP contribution in [0.3, 0.4) is 0 Å². The van der Waals surface area contributed by atoms with Crippen LogP contribution >= 0.6 is 0 Å². The van der Waals surface area contributed by atoms with Crippen LogP contribution < -0.4 is 0 Å². The Morgan fingerprint density at radius 1 is 0.929 bits per heavy atom. The molecule has 80 valence electrons. The van der Waals surface area contributed by atoms with Crippen molar-refractivity contribution < 1.29 is 0 Å². The van der Waals surface area contributed by atoms with Crippen molar-refractivity contribution in [1.29, 1.82) is 0 Å². The lowest BCUT2D eigenvalue weighted by atomic mass is 9.28. The van der Waals surface area contributed by atoms with Gasteiger partial charge in [-0.2, -0.15) is 0 Å². The molecule has 0 heterocycles. The monoisotopic (exact) mass is 192 g/mol. The van der Waals surface area contributed by atoms with E-state index in [0.717, 1.165) is 5.92 Å². The normalized spacial score (nSPS) is 21.1. The predicted molar refractivity (Wildman–Crippen MR) is 70.0 cm³/mol. The molecule has 0 spiro atoms. The molecule has 0 atom stereocenters. The van der Waals surface area contributed by atoms with Crippen LogP contribution in [-0.2, 0) is 0 Å². The van der Waals surface area contributed by atoms with Gasteiger partial charge in [0.1, 0.15) is 0 Å². The smallest absolute Gasteiger partial charge is 0.0937 e. The summed E-state index contributed by atoms with van der Waals surface area (Å²) < 4.78 is 0. The van der Waals surface area contributed by atoms with Crippen LogP contribution in [0.4, 0.5) is 0 Å². The first kappa shape index (κ1) is 12.2. The van der Waals surface area contributed by atoms with Crippen LogP contribution in [0.5, 0.6) is 0 Å². The van der Waals surface area contributed by atoms with E-state index < -0.39 is 0 Å². The van der Waals surface area contributed by atoms with Crippen LogP contribution in [0.15, 0.2) is 0 Å². The van der Waals surface area contributed by atoms with Crippen molar-refractivity contribution in [3.05, 3.63) is 0 Å². The average Bonchev–Trinajstić information content (AvgIpc) is 2.01. The molecule has 0 aromatic rings. The van der Waals surface area contributed by atoms with E-state index in [1.807, 2.05) is 0 Å². The largest absolute Gasteiger partial charge is 0.0958 e. The summed E-state index contributed by atoms with van der Waals surface area (Å²) in [7, 11) is 2.77. The molecule has 14 heavy (non-hydrogen) atoms. The summed E-state index contributed by atoms with van der Waals surface area (Å²) >= 11 is 0. The van der Waals surface area contributed by atoms with Crippen molar-refractivity contribution in [3.63, 3.8) is 0 Å². The molecule has 1 aliphatic carbocycles.